The van der Waals surface area contributed by atoms with Gasteiger partial charge in [-0.1, -0.05) is 11.6 Å². The Labute approximate surface area is 154 Å². The zero-order chi connectivity index (χ0) is 18.8. The Morgan fingerprint density at radius 2 is 2.12 bits per heavy atom. The number of nitrogens with zero attached hydrogens (tertiary/aromatic N) is 3. The SMILES string of the molecule is CCn1nc(C(=O)NCC=[N+]2CCCC2)c(=O)c2c(Cl)c(O)c(O)cc21. The van der Waals surface area contributed by atoms with E-state index in [9.17, 15) is 19.8 Å². The molecule has 0 atom stereocenters. The third-order valence-corrected chi connectivity index (χ3v) is 4.78. The summed E-state index contributed by atoms with van der Waals surface area (Å²) in [6.45, 7) is 4.34. The summed E-state index contributed by atoms with van der Waals surface area (Å²) in [7, 11) is 0. The van der Waals surface area contributed by atoms with Gasteiger partial charge in [0.05, 0.1) is 22.5 Å². The lowest BCUT2D eigenvalue weighted by atomic mass is 10.1. The fraction of sp³-hybridized carbons (Fsp3) is 0.412. The molecule has 1 aliphatic rings. The number of hydrogen-bond acceptors (Lipinski definition) is 5. The van der Waals surface area contributed by atoms with Gasteiger partial charge in [0.2, 0.25) is 5.43 Å². The number of fused-ring (bicyclic) bond motifs is 1. The monoisotopic (exact) mass is 379 g/mol. The second-order valence-corrected chi connectivity index (χ2v) is 6.46. The van der Waals surface area contributed by atoms with Crippen LogP contribution in [0.15, 0.2) is 10.9 Å². The number of aryl methyl sites for hydroxylation is 1. The fourth-order valence-electron chi connectivity index (χ4n) is 3.04. The van der Waals surface area contributed by atoms with Crippen molar-refractivity contribution in [3.8, 4) is 11.5 Å². The molecule has 0 saturated carbocycles. The molecule has 1 aliphatic heterocycles. The van der Waals surface area contributed by atoms with E-state index in [4.69, 9.17) is 11.6 Å². The Kier molecular flexibility index (Phi) is 5.13. The van der Waals surface area contributed by atoms with Crippen molar-refractivity contribution in [2.24, 2.45) is 0 Å². The number of benzene rings is 1. The second kappa shape index (κ2) is 7.33. The topological polar surface area (TPSA) is 107 Å². The minimum Gasteiger partial charge on any atom is -0.504 e. The molecule has 1 aromatic carbocycles. The van der Waals surface area contributed by atoms with Crippen LogP contribution in [0.5, 0.6) is 11.5 Å². The van der Waals surface area contributed by atoms with Crippen LogP contribution in [0.4, 0.5) is 0 Å². The van der Waals surface area contributed by atoms with Crippen LogP contribution >= 0.6 is 11.6 Å². The minimum absolute atomic E-state index is 0.0486. The van der Waals surface area contributed by atoms with E-state index in [0.29, 0.717) is 13.1 Å². The Bertz CT molecular complexity index is 960. The number of phenols is 2. The maximum absolute atomic E-state index is 12.7. The summed E-state index contributed by atoms with van der Waals surface area (Å²) >= 11 is 6.04. The van der Waals surface area contributed by atoms with Gasteiger partial charge in [-0.3, -0.25) is 14.3 Å². The van der Waals surface area contributed by atoms with Gasteiger partial charge in [0.15, 0.2) is 23.4 Å². The first-order chi connectivity index (χ1) is 12.4. The predicted molar refractivity (Wildman–Crippen MR) is 97.6 cm³/mol. The van der Waals surface area contributed by atoms with Gasteiger partial charge in [-0.05, 0) is 6.92 Å². The van der Waals surface area contributed by atoms with Crippen LogP contribution in [0.1, 0.15) is 30.3 Å². The average Bonchev–Trinajstić information content (AvgIpc) is 3.13. The van der Waals surface area contributed by atoms with Crippen molar-refractivity contribution in [3.05, 3.63) is 27.0 Å². The number of aromatic hydroxyl groups is 2. The largest absolute Gasteiger partial charge is 0.504 e. The maximum Gasteiger partial charge on any atom is 0.276 e. The standard InChI is InChI=1S/C17H19ClN4O4/c1-2-22-10-9-11(23)15(24)13(18)12(10)16(25)14(20-22)17(26)19-5-8-21-6-3-4-7-21/h8-9H,2-7H2,1H3,(H2-,19,20,23,24,25,26)/p+1. The molecule has 138 valence electrons. The number of hydrogen-bond donors (Lipinski definition) is 3. The first-order valence-electron chi connectivity index (χ1n) is 8.44. The van der Waals surface area contributed by atoms with Crippen LogP contribution in [0.3, 0.4) is 0 Å². The van der Waals surface area contributed by atoms with Crippen molar-refractivity contribution in [2.45, 2.75) is 26.3 Å². The van der Waals surface area contributed by atoms with Crippen molar-refractivity contribution in [1.82, 2.24) is 15.1 Å². The Balaban J connectivity index is 2.00. The summed E-state index contributed by atoms with van der Waals surface area (Å²) in [5.41, 5.74) is -0.747. The highest BCUT2D eigenvalue weighted by atomic mass is 35.5. The van der Waals surface area contributed by atoms with E-state index in [0.717, 1.165) is 25.9 Å². The van der Waals surface area contributed by atoms with Crippen LogP contribution in [0, 0.1) is 0 Å². The lowest BCUT2D eigenvalue weighted by molar-refractivity contribution is -0.502. The maximum atomic E-state index is 12.7. The number of carbonyl (C=O) groups excluding carboxylic acids is 1. The number of phenolic OH excluding ortho intramolecular Hbond substituents is 2. The zero-order valence-corrected chi connectivity index (χ0v) is 15.1. The van der Waals surface area contributed by atoms with E-state index in [-0.39, 0.29) is 21.6 Å². The van der Waals surface area contributed by atoms with Crippen LogP contribution in [-0.4, -0.2) is 56.3 Å². The van der Waals surface area contributed by atoms with Crippen LogP contribution in [0.25, 0.3) is 10.9 Å². The molecular formula is C17H20ClN4O4+. The minimum atomic E-state index is -0.691. The van der Waals surface area contributed by atoms with Gasteiger partial charge >= 0.3 is 0 Å². The molecule has 1 fully saturated rings. The lowest BCUT2D eigenvalue weighted by Gasteiger charge is -2.12. The molecule has 0 bridgehead atoms. The van der Waals surface area contributed by atoms with E-state index >= 15 is 0 Å². The molecule has 26 heavy (non-hydrogen) atoms. The van der Waals surface area contributed by atoms with Crippen molar-refractivity contribution in [2.75, 3.05) is 19.6 Å². The van der Waals surface area contributed by atoms with E-state index in [1.165, 1.54) is 10.7 Å². The van der Waals surface area contributed by atoms with E-state index in [1.807, 2.05) is 6.21 Å². The molecule has 9 heteroatoms. The van der Waals surface area contributed by atoms with Crippen LogP contribution in [-0.2, 0) is 6.54 Å². The molecule has 0 unspecified atom stereocenters. The van der Waals surface area contributed by atoms with Crippen molar-refractivity contribution >= 4 is 34.6 Å². The van der Waals surface area contributed by atoms with Crippen LogP contribution in [0.2, 0.25) is 5.02 Å². The molecule has 3 N–H and O–H groups in total. The lowest BCUT2D eigenvalue weighted by Crippen LogP contribution is -2.34. The molecule has 2 heterocycles. The van der Waals surface area contributed by atoms with Crippen LogP contribution < -0.4 is 10.7 Å². The highest BCUT2D eigenvalue weighted by Crippen LogP contribution is 2.37. The van der Waals surface area contributed by atoms with Crippen molar-refractivity contribution < 1.29 is 19.6 Å². The Hall–Kier alpha value is -2.61. The Morgan fingerprint density at radius 3 is 2.77 bits per heavy atom. The summed E-state index contributed by atoms with van der Waals surface area (Å²) in [5.74, 6) is -1.67. The molecule has 8 nitrogen and oxygen atoms in total. The van der Waals surface area contributed by atoms with E-state index < -0.39 is 22.8 Å². The van der Waals surface area contributed by atoms with Gasteiger partial charge in [0, 0.05) is 25.5 Å². The smallest absolute Gasteiger partial charge is 0.276 e. The van der Waals surface area contributed by atoms with E-state index in [2.05, 4.69) is 15.0 Å². The molecule has 1 saturated heterocycles. The number of aromatic nitrogens is 2. The molecule has 3 rings (SSSR count). The van der Waals surface area contributed by atoms with Gasteiger partial charge in [0.25, 0.3) is 5.91 Å². The van der Waals surface area contributed by atoms with Gasteiger partial charge in [-0.15, -0.1) is 0 Å². The molecule has 0 aliphatic carbocycles. The highest BCUT2D eigenvalue weighted by molar-refractivity contribution is 6.37. The summed E-state index contributed by atoms with van der Waals surface area (Å²) in [5, 5.41) is 26.0. The summed E-state index contributed by atoms with van der Waals surface area (Å²) in [6, 6.07) is 1.21. The van der Waals surface area contributed by atoms with Gasteiger partial charge in [-0.25, -0.2) is 4.58 Å². The number of amides is 1. The molecular weight excluding hydrogens is 360 g/mol. The van der Waals surface area contributed by atoms with Gasteiger partial charge in [-0.2, -0.15) is 5.10 Å². The molecule has 0 radical (unpaired) electrons. The molecule has 2 aromatic rings. The second-order valence-electron chi connectivity index (χ2n) is 6.08. The average molecular weight is 380 g/mol. The van der Waals surface area contributed by atoms with Crippen molar-refractivity contribution in [1.29, 1.82) is 0 Å². The highest BCUT2D eigenvalue weighted by Gasteiger charge is 2.22. The summed E-state index contributed by atoms with van der Waals surface area (Å²) in [4.78, 5) is 25.1. The van der Waals surface area contributed by atoms with Crippen molar-refractivity contribution in [3.63, 3.8) is 0 Å². The fourth-order valence-corrected chi connectivity index (χ4v) is 3.32. The third kappa shape index (κ3) is 3.24. The van der Waals surface area contributed by atoms with E-state index in [1.54, 1.807) is 6.92 Å². The quantitative estimate of drug-likeness (QED) is 0.544. The molecule has 1 amide bonds. The number of rotatable bonds is 4. The zero-order valence-electron chi connectivity index (χ0n) is 14.3. The molecule has 1 aromatic heterocycles. The summed E-state index contributed by atoms with van der Waals surface area (Å²) < 4.78 is 3.51. The van der Waals surface area contributed by atoms with Gasteiger partial charge in [0.1, 0.15) is 13.1 Å². The predicted octanol–water partition coefficient (Wildman–Crippen LogP) is 1.09. The molecule has 0 spiro atoms. The third-order valence-electron chi connectivity index (χ3n) is 4.41. The number of carbonyl (C=O) groups is 1. The number of nitrogens with one attached hydrogen (secondary N) is 1. The number of halogens is 1. The van der Waals surface area contributed by atoms with Gasteiger partial charge < -0.3 is 15.5 Å². The first kappa shape index (κ1) is 18.2. The summed E-state index contributed by atoms with van der Waals surface area (Å²) in [6.07, 6.45) is 4.15. The Morgan fingerprint density at radius 1 is 1.42 bits per heavy atom. The first-order valence-corrected chi connectivity index (χ1v) is 8.82. The normalized spacial score (nSPS) is 14.0.